The van der Waals surface area contributed by atoms with Gasteiger partial charge in [-0.05, 0) is 12.1 Å². The van der Waals surface area contributed by atoms with Crippen molar-refractivity contribution in [3.05, 3.63) is 28.7 Å². The zero-order valence-corrected chi connectivity index (χ0v) is 7.31. The molecular weight excluding hydrogens is 188 g/mol. The number of carboxylic acids is 1. The summed E-state index contributed by atoms with van der Waals surface area (Å²) in [6.07, 6.45) is 1.68. The highest BCUT2D eigenvalue weighted by atomic mass is 32.1. The van der Waals surface area contributed by atoms with Crippen LogP contribution in [0.5, 0.6) is 0 Å². The van der Waals surface area contributed by atoms with E-state index < -0.39 is 5.97 Å². The van der Waals surface area contributed by atoms with Crippen LogP contribution in [0.4, 0.5) is 0 Å². The molecule has 0 amide bonds. The second-order valence-corrected chi connectivity index (χ2v) is 3.09. The van der Waals surface area contributed by atoms with Gasteiger partial charge in [-0.15, -0.1) is 0 Å². The van der Waals surface area contributed by atoms with E-state index in [1.165, 1.54) is 0 Å². The fourth-order valence-corrected chi connectivity index (χ4v) is 1.34. The lowest BCUT2D eigenvalue weighted by molar-refractivity contribution is 0.0691. The Hall–Kier alpha value is -1.62. The summed E-state index contributed by atoms with van der Waals surface area (Å²) in [5, 5.41) is 9.50. The van der Waals surface area contributed by atoms with E-state index in [0.717, 1.165) is 10.9 Å². The molecule has 4 nitrogen and oxygen atoms in total. The number of pyridine rings is 1. The molecule has 0 aliphatic carbocycles. The molecule has 0 spiro atoms. The molecule has 66 valence electrons. The number of H-pyrrole nitrogens is 2. The van der Waals surface area contributed by atoms with Crippen molar-refractivity contribution in [3.63, 3.8) is 0 Å². The highest BCUT2D eigenvalue weighted by Crippen LogP contribution is 2.13. The molecule has 0 saturated heterocycles. The normalized spacial score (nSPS) is 10.5. The van der Waals surface area contributed by atoms with Crippen LogP contribution < -0.4 is 0 Å². The lowest BCUT2D eigenvalue weighted by Gasteiger charge is -1.86. The largest absolute Gasteiger partial charge is 0.477 e. The maximum Gasteiger partial charge on any atom is 0.352 e. The molecule has 0 unspecified atom stereocenters. The first-order chi connectivity index (χ1) is 6.16. The molecule has 0 radical (unpaired) electrons. The summed E-state index contributed by atoms with van der Waals surface area (Å²) in [5.41, 5.74) is 0.908. The van der Waals surface area contributed by atoms with Crippen molar-refractivity contribution < 1.29 is 9.90 Å². The molecule has 2 heterocycles. The number of aromatic nitrogens is 2. The second kappa shape index (κ2) is 2.70. The quantitative estimate of drug-likeness (QED) is 0.607. The third kappa shape index (κ3) is 1.33. The van der Waals surface area contributed by atoms with Crippen molar-refractivity contribution >= 4 is 29.1 Å². The number of nitrogens with one attached hydrogen (secondary N) is 2. The molecule has 5 heteroatoms. The number of fused-ring (bicyclic) bond motifs is 1. The van der Waals surface area contributed by atoms with Crippen LogP contribution in [0.25, 0.3) is 10.9 Å². The molecule has 0 bridgehead atoms. The maximum atomic E-state index is 10.6. The van der Waals surface area contributed by atoms with Gasteiger partial charge in [0.15, 0.2) is 0 Å². The van der Waals surface area contributed by atoms with Gasteiger partial charge in [0.1, 0.15) is 10.3 Å². The minimum atomic E-state index is -0.970. The monoisotopic (exact) mass is 194 g/mol. The maximum absolute atomic E-state index is 10.6. The number of aromatic carboxylic acids is 1. The van der Waals surface area contributed by atoms with Gasteiger partial charge in [0, 0.05) is 11.6 Å². The van der Waals surface area contributed by atoms with Crippen LogP contribution >= 0.6 is 12.2 Å². The zero-order valence-electron chi connectivity index (χ0n) is 6.50. The summed E-state index contributed by atoms with van der Waals surface area (Å²) >= 11 is 4.89. The van der Waals surface area contributed by atoms with Crippen molar-refractivity contribution in [1.82, 2.24) is 9.97 Å². The molecule has 0 aliphatic rings. The molecule has 2 aromatic heterocycles. The predicted octanol–water partition coefficient (Wildman–Crippen LogP) is 1.92. The van der Waals surface area contributed by atoms with Gasteiger partial charge in [-0.3, -0.25) is 0 Å². The van der Waals surface area contributed by atoms with Crippen molar-refractivity contribution in [3.8, 4) is 0 Å². The summed E-state index contributed by atoms with van der Waals surface area (Å²) in [5.74, 6) is -0.970. The Morgan fingerprint density at radius 2 is 2.23 bits per heavy atom. The molecule has 0 aliphatic heterocycles. The first-order valence-corrected chi connectivity index (χ1v) is 4.02. The van der Waals surface area contributed by atoms with Crippen LogP contribution in [0.1, 0.15) is 10.5 Å². The topological polar surface area (TPSA) is 68.9 Å². The number of hydrogen-bond acceptors (Lipinski definition) is 2. The molecule has 2 aromatic rings. The Morgan fingerprint density at radius 3 is 2.92 bits per heavy atom. The first-order valence-electron chi connectivity index (χ1n) is 3.61. The molecule has 3 N–H and O–H groups in total. The minimum absolute atomic E-state index is 0.170. The van der Waals surface area contributed by atoms with Gasteiger partial charge in [-0.25, -0.2) is 4.79 Å². The number of hydrogen-bond donors (Lipinski definition) is 3. The summed E-state index contributed by atoms with van der Waals surface area (Å²) in [4.78, 5) is 16.2. The average molecular weight is 194 g/mol. The first kappa shape index (κ1) is 8.00. The van der Waals surface area contributed by atoms with Gasteiger partial charge in [0.25, 0.3) is 0 Å². The third-order valence-corrected chi connectivity index (χ3v) is 1.99. The molecule has 0 fully saturated rings. The summed E-state index contributed by atoms with van der Waals surface area (Å²) < 4.78 is 0.575. The van der Waals surface area contributed by atoms with Crippen LogP contribution in [0.2, 0.25) is 0 Å². The van der Waals surface area contributed by atoms with Crippen molar-refractivity contribution in [2.45, 2.75) is 0 Å². The highest BCUT2D eigenvalue weighted by molar-refractivity contribution is 7.71. The Kier molecular flexibility index (Phi) is 1.66. The number of aromatic amines is 2. The predicted molar refractivity (Wildman–Crippen MR) is 50.4 cm³/mol. The Labute approximate surface area is 78.2 Å². The minimum Gasteiger partial charge on any atom is -0.477 e. The smallest absolute Gasteiger partial charge is 0.352 e. The van der Waals surface area contributed by atoms with Gasteiger partial charge in [-0.1, -0.05) is 12.2 Å². The van der Waals surface area contributed by atoms with Crippen LogP contribution in [-0.4, -0.2) is 21.0 Å². The summed E-state index contributed by atoms with van der Waals surface area (Å²) in [6, 6.07) is 3.25. The van der Waals surface area contributed by atoms with E-state index in [1.807, 2.05) is 0 Å². The summed E-state index contributed by atoms with van der Waals surface area (Å²) in [7, 11) is 0. The van der Waals surface area contributed by atoms with Gasteiger partial charge >= 0.3 is 5.97 Å². The van der Waals surface area contributed by atoms with E-state index in [2.05, 4.69) is 9.97 Å². The Bertz CT molecular complexity index is 526. The zero-order chi connectivity index (χ0) is 9.42. The van der Waals surface area contributed by atoms with E-state index in [-0.39, 0.29) is 5.69 Å². The second-order valence-electron chi connectivity index (χ2n) is 2.65. The molecule has 2 rings (SSSR count). The molecular formula is C8H6N2O2S. The average Bonchev–Trinajstić information content (AvgIpc) is 2.46. The van der Waals surface area contributed by atoms with Crippen LogP contribution in [-0.2, 0) is 0 Å². The Balaban J connectivity index is 2.75. The number of carboxylic acid groups (broad SMARTS) is 1. The Morgan fingerprint density at radius 1 is 1.46 bits per heavy atom. The van der Waals surface area contributed by atoms with E-state index in [1.54, 1.807) is 18.3 Å². The molecule has 0 saturated carbocycles. The summed E-state index contributed by atoms with van der Waals surface area (Å²) in [6.45, 7) is 0. The van der Waals surface area contributed by atoms with E-state index >= 15 is 0 Å². The highest BCUT2D eigenvalue weighted by Gasteiger charge is 2.06. The van der Waals surface area contributed by atoms with Crippen molar-refractivity contribution in [2.75, 3.05) is 0 Å². The van der Waals surface area contributed by atoms with E-state index in [9.17, 15) is 4.79 Å². The van der Waals surface area contributed by atoms with Crippen LogP contribution in [0, 0.1) is 4.64 Å². The fraction of sp³-hybridized carbons (Fsp3) is 0. The molecule has 0 atom stereocenters. The van der Waals surface area contributed by atoms with E-state index in [0.29, 0.717) is 4.64 Å². The third-order valence-electron chi connectivity index (χ3n) is 1.76. The number of carbonyl (C=O) groups is 1. The molecule has 0 aromatic carbocycles. The molecule has 13 heavy (non-hydrogen) atoms. The van der Waals surface area contributed by atoms with Gasteiger partial charge < -0.3 is 15.1 Å². The van der Waals surface area contributed by atoms with Crippen LogP contribution in [0.15, 0.2) is 18.3 Å². The lowest BCUT2D eigenvalue weighted by atomic mass is 10.3. The van der Waals surface area contributed by atoms with Crippen molar-refractivity contribution in [1.29, 1.82) is 0 Å². The fourth-order valence-electron chi connectivity index (χ4n) is 1.16. The van der Waals surface area contributed by atoms with Crippen LogP contribution in [0.3, 0.4) is 0 Å². The van der Waals surface area contributed by atoms with Gasteiger partial charge in [0.05, 0.1) is 5.52 Å². The lowest BCUT2D eigenvalue weighted by Crippen LogP contribution is -1.94. The SMILES string of the molecule is O=C(O)c1cc2c[nH]c(=S)cc2[nH]1. The number of rotatable bonds is 1. The van der Waals surface area contributed by atoms with E-state index in [4.69, 9.17) is 17.3 Å². The van der Waals surface area contributed by atoms with Gasteiger partial charge in [-0.2, -0.15) is 0 Å². The van der Waals surface area contributed by atoms with Gasteiger partial charge in [0.2, 0.25) is 0 Å². The van der Waals surface area contributed by atoms with Crippen molar-refractivity contribution in [2.24, 2.45) is 0 Å². The standard InChI is InChI=1S/C8H6N2O2S/c11-8(12)6-1-4-3-9-7(13)2-5(4)10-6/h1-3,10H,(H,9,13)(H,11,12).